The van der Waals surface area contributed by atoms with Crippen LogP contribution in [-0.2, 0) is 11.2 Å². The van der Waals surface area contributed by atoms with Crippen molar-refractivity contribution in [2.75, 3.05) is 13.1 Å². The Morgan fingerprint density at radius 1 is 1.19 bits per heavy atom. The van der Waals surface area contributed by atoms with Crippen molar-refractivity contribution in [1.82, 2.24) is 10.2 Å². The summed E-state index contributed by atoms with van der Waals surface area (Å²) in [7, 11) is 0. The molecule has 5 heteroatoms. The van der Waals surface area contributed by atoms with Crippen LogP contribution in [0.2, 0.25) is 5.02 Å². The van der Waals surface area contributed by atoms with E-state index in [1.807, 2.05) is 24.3 Å². The first-order valence-corrected chi connectivity index (χ1v) is 7.88. The van der Waals surface area contributed by atoms with E-state index in [2.05, 4.69) is 10.2 Å². The summed E-state index contributed by atoms with van der Waals surface area (Å²) in [6.45, 7) is 1.94. The molecule has 3 nitrogen and oxygen atoms in total. The van der Waals surface area contributed by atoms with E-state index in [1.165, 1.54) is 18.4 Å². The number of carbonyl (C=O) groups excluding carboxylic acids is 1. The van der Waals surface area contributed by atoms with Crippen molar-refractivity contribution in [1.29, 1.82) is 0 Å². The Hall–Kier alpha value is -0.770. The topological polar surface area (TPSA) is 32.3 Å². The van der Waals surface area contributed by atoms with Crippen molar-refractivity contribution in [3.8, 4) is 0 Å². The molecule has 2 aliphatic rings. The summed E-state index contributed by atoms with van der Waals surface area (Å²) in [6.07, 6.45) is 4.87. The maximum absolute atomic E-state index is 12.4. The van der Waals surface area contributed by atoms with E-state index in [4.69, 9.17) is 11.6 Å². The van der Waals surface area contributed by atoms with E-state index in [0.29, 0.717) is 24.4 Å². The Labute approximate surface area is 137 Å². The molecule has 0 radical (unpaired) electrons. The molecule has 1 N–H and O–H groups in total. The fourth-order valence-electron chi connectivity index (χ4n) is 3.41. The zero-order chi connectivity index (χ0) is 13.9. The Balaban J connectivity index is 0.00000161. The van der Waals surface area contributed by atoms with E-state index in [1.54, 1.807) is 0 Å². The van der Waals surface area contributed by atoms with Crippen molar-refractivity contribution in [3.63, 3.8) is 0 Å². The van der Waals surface area contributed by atoms with Crippen LogP contribution in [0, 0.1) is 0 Å². The molecule has 0 unspecified atom stereocenters. The summed E-state index contributed by atoms with van der Waals surface area (Å²) in [4.78, 5) is 14.5. The summed E-state index contributed by atoms with van der Waals surface area (Å²) in [5, 5.41) is 4.18. The van der Waals surface area contributed by atoms with Gasteiger partial charge in [-0.3, -0.25) is 4.79 Å². The molecular formula is C16H22Cl2N2O. The van der Waals surface area contributed by atoms with Crippen molar-refractivity contribution in [3.05, 3.63) is 34.9 Å². The minimum atomic E-state index is 0. The Bertz CT molecular complexity index is 462. The molecule has 116 valence electrons. The van der Waals surface area contributed by atoms with Crippen LogP contribution >= 0.6 is 24.0 Å². The predicted octanol–water partition coefficient (Wildman–Crippen LogP) is 3.05. The van der Waals surface area contributed by atoms with Gasteiger partial charge in [0.15, 0.2) is 0 Å². The lowest BCUT2D eigenvalue weighted by atomic mass is 10.1. The SMILES string of the molecule is Cl.O=C(CCCc1ccc(Cl)cc1)N1[C@@H]2CC[C@H]1CNC2. The highest BCUT2D eigenvalue weighted by molar-refractivity contribution is 6.30. The number of nitrogens with zero attached hydrogens (tertiary/aromatic N) is 1. The normalized spacial score (nSPS) is 23.8. The molecule has 2 saturated heterocycles. The van der Waals surface area contributed by atoms with Gasteiger partial charge in [-0.1, -0.05) is 23.7 Å². The molecule has 1 aromatic carbocycles. The minimum Gasteiger partial charge on any atom is -0.334 e. The number of halogens is 2. The van der Waals surface area contributed by atoms with Gasteiger partial charge in [0.2, 0.25) is 5.91 Å². The van der Waals surface area contributed by atoms with Crippen LogP contribution < -0.4 is 5.32 Å². The number of rotatable bonds is 4. The van der Waals surface area contributed by atoms with Crippen LogP contribution in [0.4, 0.5) is 0 Å². The molecule has 2 heterocycles. The zero-order valence-electron chi connectivity index (χ0n) is 12.1. The lowest BCUT2D eigenvalue weighted by Gasteiger charge is -2.35. The third-order valence-electron chi connectivity index (χ3n) is 4.44. The van der Waals surface area contributed by atoms with Gasteiger partial charge in [0.05, 0.1) is 0 Å². The molecule has 1 amide bonds. The monoisotopic (exact) mass is 328 g/mol. The first kappa shape index (κ1) is 16.6. The van der Waals surface area contributed by atoms with Crippen molar-refractivity contribution in [2.45, 2.75) is 44.2 Å². The first-order chi connectivity index (χ1) is 9.74. The molecule has 0 spiro atoms. The van der Waals surface area contributed by atoms with Crippen LogP contribution in [0.15, 0.2) is 24.3 Å². The molecule has 0 aromatic heterocycles. The average Bonchev–Trinajstić information content (AvgIpc) is 2.71. The zero-order valence-corrected chi connectivity index (χ0v) is 13.6. The van der Waals surface area contributed by atoms with Crippen LogP contribution in [0.25, 0.3) is 0 Å². The summed E-state index contributed by atoms with van der Waals surface area (Å²) >= 11 is 5.87. The number of amides is 1. The third-order valence-corrected chi connectivity index (χ3v) is 4.69. The highest BCUT2D eigenvalue weighted by Crippen LogP contribution is 2.27. The first-order valence-electron chi connectivity index (χ1n) is 7.50. The van der Waals surface area contributed by atoms with Gasteiger partial charge < -0.3 is 10.2 Å². The van der Waals surface area contributed by atoms with Gasteiger partial charge in [-0.15, -0.1) is 12.4 Å². The van der Waals surface area contributed by atoms with E-state index in [-0.39, 0.29) is 12.4 Å². The average molecular weight is 329 g/mol. The number of hydrogen-bond donors (Lipinski definition) is 1. The molecule has 2 fully saturated rings. The highest BCUT2D eigenvalue weighted by Gasteiger charge is 2.38. The van der Waals surface area contributed by atoms with Crippen molar-refractivity contribution in [2.24, 2.45) is 0 Å². The molecule has 0 saturated carbocycles. The number of piperazine rings is 1. The summed E-state index contributed by atoms with van der Waals surface area (Å²) in [5.74, 6) is 0.341. The fourth-order valence-corrected chi connectivity index (χ4v) is 3.54. The van der Waals surface area contributed by atoms with E-state index >= 15 is 0 Å². The summed E-state index contributed by atoms with van der Waals surface area (Å²) in [5.41, 5.74) is 1.26. The fraction of sp³-hybridized carbons (Fsp3) is 0.562. The van der Waals surface area contributed by atoms with Gasteiger partial charge in [-0.25, -0.2) is 0 Å². The molecule has 1 aromatic rings. The lowest BCUT2D eigenvalue weighted by Crippen LogP contribution is -2.54. The van der Waals surface area contributed by atoms with E-state index in [9.17, 15) is 4.79 Å². The molecular weight excluding hydrogens is 307 g/mol. The molecule has 2 bridgehead atoms. The summed E-state index contributed by atoms with van der Waals surface area (Å²) in [6, 6.07) is 8.79. The molecule has 0 aliphatic carbocycles. The number of benzene rings is 1. The largest absolute Gasteiger partial charge is 0.334 e. The lowest BCUT2D eigenvalue weighted by molar-refractivity contribution is -0.135. The Morgan fingerprint density at radius 3 is 2.43 bits per heavy atom. The number of nitrogens with one attached hydrogen (secondary N) is 1. The summed E-state index contributed by atoms with van der Waals surface area (Å²) < 4.78 is 0. The van der Waals surface area contributed by atoms with E-state index in [0.717, 1.165) is 31.0 Å². The predicted molar refractivity (Wildman–Crippen MR) is 88.2 cm³/mol. The van der Waals surface area contributed by atoms with Crippen LogP contribution in [0.3, 0.4) is 0 Å². The smallest absolute Gasteiger partial charge is 0.223 e. The second-order valence-corrected chi connectivity index (χ2v) is 6.26. The number of fused-ring (bicyclic) bond motifs is 2. The number of hydrogen-bond acceptors (Lipinski definition) is 2. The number of carbonyl (C=O) groups is 1. The van der Waals surface area contributed by atoms with Crippen LogP contribution in [0.1, 0.15) is 31.2 Å². The maximum atomic E-state index is 12.4. The minimum absolute atomic E-state index is 0. The highest BCUT2D eigenvalue weighted by atomic mass is 35.5. The Kier molecular flexibility index (Phi) is 5.91. The number of aryl methyl sites for hydroxylation is 1. The Morgan fingerprint density at radius 2 is 1.81 bits per heavy atom. The molecule has 3 rings (SSSR count). The quantitative estimate of drug-likeness (QED) is 0.921. The van der Waals surface area contributed by atoms with Crippen molar-refractivity contribution >= 4 is 29.9 Å². The van der Waals surface area contributed by atoms with E-state index < -0.39 is 0 Å². The van der Waals surface area contributed by atoms with Gasteiger partial charge in [0.25, 0.3) is 0 Å². The van der Waals surface area contributed by atoms with Gasteiger partial charge in [-0.2, -0.15) is 0 Å². The van der Waals surface area contributed by atoms with Gasteiger partial charge >= 0.3 is 0 Å². The van der Waals surface area contributed by atoms with Gasteiger partial charge in [0, 0.05) is 36.6 Å². The molecule has 2 atom stereocenters. The van der Waals surface area contributed by atoms with Gasteiger partial charge in [0.1, 0.15) is 0 Å². The molecule has 21 heavy (non-hydrogen) atoms. The second kappa shape index (κ2) is 7.48. The third kappa shape index (κ3) is 3.91. The second-order valence-electron chi connectivity index (χ2n) is 5.82. The molecule has 2 aliphatic heterocycles. The maximum Gasteiger partial charge on any atom is 0.223 e. The van der Waals surface area contributed by atoms with Gasteiger partial charge in [-0.05, 0) is 43.4 Å². The van der Waals surface area contributed by atoms with Crippen LogP contribution in [0.5, 0.6) is 0 Å². The van der Waals surface area contributed by atoms with Crippen molar-refractivity contribution < 1.29 is 4.79 Å². The van der Waals surface area contributed by atoms with Crippen LogP contribution in [-0.4, -0.2) is 36.0 Å². The standard InChI is InChI=1S/C16H21ClN2O.ClH/c17-13-6-4-12(5-7-13)2-1-3-16(20)19-14-8-9-15(19)11-18-10-14;/h4-7,14-15,18H,1-3,8-11H2;1H/t14-,15+;.